The van der Waals surface area contributed by atoms with Gasteiger partial charge in [0, 0.05) is 29.4 Å². The summed E-state index contributed by atoms with van der Waals surface area (Å²) in [7, 11) is 0. The summed E-state index contributed by atoms with van der Waals surface area (Å²) in [5.74, 6) is 0.505. The zero-order chi connectivity index (χ0) is 17.0. The first-order valence-electron chi connectivity index (χ1n) is 8.44. The van der Waals surface area contributed by atoms with E-state index in [4.69, 9.17) is 0 Å². The van der Waals surface area contributed by atoms with E-state index in [1.54, 1.807) is 11.3 Å². The Bertz CT molecular complexity index is 684. The predicted molar refractivity (Wildman–Crippen MR) is 97.9 cm³/mol. The van der Waals surface area contributed by atoms with Gasteiger partial charge in [-0.2, -0.15) is 0 Å². The maximum absolute atomic E-state index is 12.6. The van der Waals surface area contributed by atoms with Crippen LogP contribution in [0.4, 0.5) is 0 Å². The van der Waals surface area contributed by atoms with Gasteiger partial charge in [0.25, 0.3) is 0 Å². The van der Waals surface area contributed by atoms with Crippen molar-refractivity contribution in [3.05, 3.63) is 35.2 Å². The van der Waals surface area contributed by atoms with E-state index >= 15 is 0 Å². The second kappa shape index (κ2) is 7.87. The second-order valence-electron chi connectivity index (χ2n) is 6.73. The highest BCUT2D eigenvalue weighted by atomic mass is 32.1. The Hall–Kier alpha value is -1.48. The Morgan fingerprint density at radius 3 is 2.48 bits per heavy atom. The van der Waals surface area contributed by atoms with Gasteiger partial charge in [-0.15, -0.1) is 11.3 Å². The molecule has 0 unspecified atom stereocenters. The highest BCUT2D eigenvalue weighted by Crippen LogP contribution is 2.28. The Morgan fingerprint density at radius 2 is 1.83 bits per heavy atom. The van der Waals surface area contributed by atoms with Crippen molar-refractivity contribution < 1.29 is 9.59 Å². The van der Waals surface area contributed by atoms with Crippen LogP contribution in [0.15, 0.2) is 29.6 Å². The molecule has 1 heterocycles. The SMILES string of the molecule is CC[C@H](C)[C@H](CC(=O)Cc1csc2ccccc12)C(=O)C(C)C. The van der Waals surface area contributed by atoms with Gasteiger partial charge in [0.2, 0.25) is 0 Å². The lowest BCUT2D eigenvalue weighted by Gasteiger charge is -2.23. The molecule has 0 amide bonds. The van der Waals surface area contributed by atoms with Gasteiger partial charge in [-0.3, -0.25) is 9.59 Å². The quantitative estimate of drug-likeness (QED) is 0.659. The van der Waals surface area contributed by atoms with Crippen molar-refractivity contribution in [1.82, 2.24) is 0 Å². The Kier molecular flexibility index (Phi) is 6.11. The van der Waals surface area contributed by atoms with Crippen LogP contribution < -0.4 is 0 Å². The van der Waals surface area contributed by atoms with Crippen LogP contribution in [0.1, 0.15) is 46.1 Å². The molecule has 124 valence electrons. The summed E-state index contributed by atoms with van der Waals surface area (Å²) in [6.45, 7) is 8.02. The van der Waals surface area contributed by atoms with Crippen molar-refractivity contribution in [2.45, 2.75) is 47.0 Å². The number of carbonyl (C=O) groups excluding carboxylic acids is 2. The van der Waals surface area contributed by atoms with Crippen molar-refractivity contribution in [2.75, 3.05) is 0 Å². The number of rotatable bonds is 8. The Morgan fingerprint density at radius 1 is 1.13 bits per heavy atom. The monoisotopic (exact) mass is 330 g/mol. The minimum absolute atomic E-state index is 0.0104. The molecule has 1 aromatic carbocycles. The van der Waals surface area contributed by atoms with Gasteiger partial charge in [0.1, 0.15) is 11.6 Å². The first-order chi connectivity index (χ1) is 10.9. The molecular weight excluding hydrogens is 304 g/mol. The van der Waals surface area contributed by atoms with Gasteiger partial charge >= 0.3 is 0 Å². The van der Waals surface area contributed by atoms with Gasteiger partial charge in [-0.1, -0.05) is 52.3 Å². The van der Waals surface area contributed by atoms with Crippen LogP contribution in [0.3, 0.4) is 0 Å². The van der Waals surface area contributed by atoms with Gasteiger partial charge in [0.05, 0.1) is 0 Å². The van der Waals surface area contributed by atoms with Crippen LogP contribution >= 0.6 is 11.3 Å². The molecule has 0 spiro atoms. The Balaban J connectivity index is 2.11. The van der Waals surface area contributed by atoms with Crippen molar-refractivity contribution in [2.24, 2.45) is 17.8 Å². The number of hydrogen-bond acceptors (Lipinski definition) is 3. The van der Waals surface area contributed by atoms with Crippen LogP contribution in [-0.4, -0.2) is 11.6 Å². The van der Waals surface area contributed by atoms with E-state index < -0.39 is 0 Å². The van der Waals surface area contributed by atoms with E-state index in [0.717, 1.165) is 12.0 Å². The standard InChI is InChI=1S/C20H26O2S/c1-5-14(4)18(20(22)13(2)3)11-16(21)10-15-12-23-19-9-7-6-8-17(15)19/h6-9,12-14,18H,5,10-11H2,1-4H3/t14-,18-/m0/s1. The van der Waals surface area contributed by atoms with E-state index in [9.17, 15) is 9.59 Å². The summed E-state index contributed by atoms with van der Waals surface area (Å²) < 4.78 is 1.21. The molecule has 0 radical (unpaired) electrons. The van der Waals surface area contributed by atoms with Crippen LogP contribution in [0, 0.1) is 17.8 Å². The van der Waals surface area contributed by atoms with Crippen molar-refractivity contribution >= 4 is 33.0 Å². The molecule has 0 N–H and O–H groups in total. The van der Waals surface area contributed by atoms with Gasteiger partial charge in [-0.25, -0.2) is 0 Å². The average Bonchev–Trinajstić information content (AvgIpc) is 2.94. The molecule has 0 bridgehead atoms. The van der Waals surface area contributed by atoms with Gasteiger partial charge in [0.15, 0.2) is 0 Å². The smallest absolute Gasteiger partial charge is 0.139 e. The average molecular weight is 330 g/mol. The molecule has 23 heavy (non-hydrogen) atoms. The molecule has 2 rings (SSSR count). The van der Waals surface area contributed by atoms with Gasteiger partial charge < -0.3 is 0 Å². The lowest BCUT2D eigenvalue weighted by Crippen LogP contribution is -2.28. The largest absolute Gasteiger partial charge is 0.299 e. The highest BCUT2D eigenvalue weighted by Gasteiger charge is 2.28. The van der Waals surface area contributed by atoms with Crippen LogP contribution in [0.25, 0.3) is 10.1 Å². The number of Topliss-reactive ketones (excluding diaryl/α,β-unsaturated/α-hetero) is 2. The normalized spacial score (nSPS) is 14.1. The number of thiophene rings is 1. The summed E-state index contributed by atoms with van der Waals surface area (Å²) in [6.07, 6.45) is 1.73. The Labute approximate surface area is 142 Å². The fourth-order valence-corrected chi connectivity index (χ4v) is 3.96. The number of carbonyl (C=O) groups is 2. The molecule has 2 nitrogen and oxygen atoms in total. The maximum Gasteiger partial charge on any atom is 0.139 e. The van der Waals surface area contributed by atoms with Crippen molar-refractivity contribution in [3.63, 3.8) is 0 Å². The topological polar surface area (TPSA) is 34.1 Å². The van der Waals surface area contributed by atoms with E-state index in [1.165, 1.54) is 10.1 Å². The number of hydrogen-bond donors (Lipinski definition) is 0. The number of fused-ring (bicyclic) bond motifs is 1. The minimum Gasteiger partial charge on any atom is -0.299 e. The molecule has 0 fully saturated rings. The zero-order valence-corrected chi connectivity index (χ0v) is 15.3. The highest BCUT2D eigenvalue weighted by molar-refractivity contribution is 7.17. The molecule has 2 atom stereocenters. The molecule has 1 aromatic heterocycles. The maximum atomic E-state index is 12.6. The third kappa shape index (κ3) is 4.29. The lowest BCUT2D eigenvalue weighted by molar-refractivity contribution is -0.131. The molecule has 0 saturated carbocycles. The van der Waals surface area contributed by atoms with Crippen LogP contribution in [-0.2, 0) is 16.0 Å². The third-order valence-electron chi connectivity index (χ3n) is 4.66. The molecule has 2 aromatic rings. The van der Waals surface area contributed by atoms with Crippen molar-refractivity contribution in [3.8, 4) is 0 Å². The summed E-state index contributed by atoms with van der Waals surface area (Å²) in [6, 6.07) is 8.18. The molecule has 0 aliphatic heterocycles. The fraction of sp³-hybridized carbons (Fsp3) is 0.500. The summed E-state index contributed by atoms with van der Waals surface area (Å²) in [4.78, 5) is 25.0. The van der Waals surface area contributed by atoms with E-state index in [1.807, 2.05) is 26.0 Å². The first kappa shape index (κ1) is 17.9. The second-order valence-corrected chi connectivity index (χ2v) is 7.64. The minimum atomic E-state index is -0.141. The molecule has 0 saturated heterocycles. The molecule has 0 aliphatic rings. The summed E-state index contributed by atoms with van der Waals surface area (Å²) >= 11 is 1.68. The molecular formula is C20H26O2S. The fourth-order valence-electron chi connectivity index (χ4n) is 2.99. The van der Waals surface area contributed by atoms with E-state index in [2.05, 4.69) is 31.4 Å². The third-order valence-corrected chi connectivity index (χ3v) is 5.67. The van der Waals surface area contributed by atoms with E-state index in [-0.39, 0.29) is 29.3 Å². The number of benzene rings is 1. The summed E-state index contributed by atoms with van der Waals surface area (Å²) in [5, 5.41) is 3.24. The lowest BCUT2D eigenvalue weighted by atomic mass is 9.80. The van der Waals surface area contributed by atoms with E-state index in [0.29, 0.717) is 12.8 Å². The zero-order valence-electron chi connectivity index (χ0n) is 14.5. The van der Waals surface area contributed by atoms with Crippen molar-refractivity contribution in [1.29, 1.82) is 0 Å². The summed E-state index contributed by atoms with van der Waals surface area (Å²) in [5.41, 5.74) is 1.09. The molecule has 0 aliphatic carbocycles. The molecule has 3 heteroatoms. The first-order valence-corrected chi connectivity index (χ1v) is 9.32. The van der Waals surface area contributed by atoms with Crippen LogP contribution in [0.2, 0.25) is 0 Å². The predicted octanol–water partition coefficient (Wildman–Crippen LogP) is 5.29. The van der Waals surface area contributed by atoms with Crippen LogP contribution in [0.5, 0.6) is 0 Å². The van der Waals surface area contributed by atoms with Gasteiger partial charge in [-0.05, 0) is 28.3 Å². The number of ketones is 2.